The van der Waals surface area contributed by atoms with E-state index in [1.54, 1.807) is 29.2 Å². The number of nitrogens with zero attached hydrogens (tertiary/aromatic N) is 2. The molecule has 2 aromatic carbocycles. The molecule has 0 radical (unpaired) electrons. The first-order valence-electron chi connectivity index (χ1n) is 10.4. The van der Waals surface area contributed by atoms with Crippen LogP contribution in [0, 0.1) is 0 Å². The fourth-order valence-electron chi connectivity index (χ4n) is 4.14. The van der Waals surface area contributed by atoms with Crippen LogP contribution < -0.4 is 4.90 Å². The number of fused-ring (bicyclic) bond motifs is 1. The molecule has 6 nitrogen and oxygen atoms in total. The third-order valence-electron chi connectivity index (χ3n) is 6.00. The lowest BCUT2D eigenvalue weighted by molar-refractivity contribution is -0.117. The SMILES string of the molecule is C[C@@H](C(=O)N1CCc2ccccc21)S(=O)(=O)Cc1ccc(C(=O)N2CCCC2)cc1. The van der Waals surface area contributed by atoms with Gasteiger partial charge in [0.15, 0.2) is 9.84 Å². The zero-order chi connectivity index (χ0) is 21.3. The second-order valence-corrected chi connectivity index (χ2v) is 10.3. The van der Waals surface area contributed by atoms with Crippen LogP contribution in [0.5, 0.6) is 0 Å². The van der Waals surface area contributed by atoms with Crippen LogP contribution in [0.1, 0.15) is 41.3 Å². The van der Waals surface area contributed by atoms with E-state index in [4.69, 9.17) is 0 Å². The summed E-state index contributed by atoms with van der Waals surface area (Å²) in [4.78, 5) is 28.8. The van der Waals surface area contributed by atoms with Crippen molar-refractivity contribution in [1.82, 2.24) is 4.90 Å². The molecule has 2 aromatic rings. The molecule has 2 amide bonds. The minimum atomic E-state index is -3.69. The van der Waals surface area contributed by atoms with Gasteiger partial charge in [-0.25, -0.2) is 8.42 Å². The van der Waals surface area contributed by atoms with Crippen LogP contribution in [0.4, 0.5) is 5.69 Å². The Morgan fingerprint density at radius 3 is 2.33 bits per heavy atom. The summed E-state index contributed by atoms with van der Waals surface area (Å²) < 4.78 is 25.8. The van der Waals surface area contributed by atoms with Gasteiger partial charge in [-0.3, -0.25) is 9.59 Å². The van der Waals surface area contributed by atoms with Gasteiger partial charge in [-0.1, -0.05) is 30.3 Å². The third-order valence-corrected chi connectivity index (χ3v) is 8.02. The van der Waals surface area contributed by atoms with Crippen LogP contribution in [-0.4, -0.2) is 50.0 Å². The van der Waals surface area contributed by atoms with Gasteiger partial charge in [0.25, 0.3) is 5.91 Å². The largest absolute Gasteiger partial charge is 0.339 e. The summed E-state index contributed by atoms with van der Waals surface area (Å²) >= 11 is 0. The number of carbonyl (C=O) groups is 2. The van der Waals surface area contributed by atoms with Crippen LogP contribution in [0.15, 0.2) is 48.5 Å². The molecular weight excluding hydrogens is 400 g/mol. The van der Waals surface area contributed by atoms with Crippen LogP contribution in [0.3, 0.4) is 0 Å². The Kier molecular flexibility index (Phi) is 5.64. The van der Waals surface area contributed by atoms with Crippen molar-refractivity contribution >= 4 is 27.3 Å². The molecule has 0 spiro atoms. The summed E-state index contributed by atoms with van der Waals surface area (Å²) in [6.45, 7) is 3.51. The molecular formula is C23H26N2O4S. The molecule has 158 valence electrons. The molecule has 2 heterocycles. The van der Waals surface area contributed by atoms with E-state index >= 15 is 0 Å². The van der Waals surface area contributed by atoms with E-state index in [9.17, 15) is 18.0 Å². The highest BCUT2D eigenvalue weighted by Gasteiger charge is 2.35. The first kappa shape index (κ1) is 20.6. The van der Waals surface area contributed by atoms with Crippen molar-refractivity contribution in [2.24, 2.45) is 0 Å². The van der Waals surface area contributed by atoms with Gasteiger partial charge >= 0.3 is 0 Å². The van der Waals surface area contributed by atoms with Crippen LogP contribution >= 0.6 is 0 Å². The molecule has 1 saturated heterocycles. The maximum absolute atomic E-state index is 12.9. The van der Waals surface area contributed by atoms with Gasteiger partial charge in [0.05, 0.1) is 5.75 Å². The maximum Gasteiger partial charge on any atom is 0.253 e. The van der Waals surface area contributed by atoms with Gasteiger partial charge in [0.1, 0.15) is 5.25 Å². The second kappa shape index (κ2) is 8.22. The Morgan fingerprint density at radius 2 is 1.63 bits per heavy atom. The summed E-state index contributed by atoms with van der Waals surface area (Å²) in [6, 6.07) is 14.3. The first-order chi connectivity index (χ1) is 14.4. The number of sulfone groups is 1. The zero-order valence-electron chi connectivity index (χ0n) is 17.1. The van der Waals surface area contributed by atoms with E-state index in [0.29, 0.717) is 17.7 Å². The Bertz CT molecular complexity index is 1060. The van der Waals surface area contributed by atoms with Crippen molar-refractivity contribution in [3.05, 3.63) is 65.2 Å². The van der Waals surface area contributed by atoms with E-state index in [2.05, 4.69) is 0 Å². The minimum Gasteiger partial charge on any atom is -0.339 e. The number of likely N-dealkylation sites (tertiary alicyclic amines) is 1. The number of carbonyl (C=O) groups excluding carboxylic acids is 2. The predicted molar refractivity (Wildman–Crippen MR) is 116 cm³/mol. The van der Waals surface area contributed by atoms with Gasteiger partial charge in [-0.15, -0.1) is 0 Å². The molecule has 0 aromatic heterocycles. The molecule has 0 aliphatic carbocycles. The molecule has 0 bridgehead atoms. The average Bonchev–Trinajstić information content (AvgIpc) is 3.42. The summed E-state index contributed by atoms with van der Waals surface area (Å²) in [5.74, 6) is -0.632. The summed E-state index contributed by atoms with van der Waals surface area (Å²) in [7, 11) is -3.69. The van der Waals surface area contributed by atoms with E-state index < -0.39 is 15.1 Å². The number of rotatable bonds is 5. The monoisotopic (exact) mass is 426 g/mol. The van der Waals surface area contributed by atoms with Gasteiger partial charge in [-0.2, -0.15) is 0 Å². The van der Waals surface area contributed by atoms with E-state index in [1.807, 2.05) is 29.2 Å². The van der Waals surface area contributed by atoms with Gasteiger partial charge in [0.2, 0.25) is 5.91 Å². The summed E-state index contributed by atoms with van der Waals surface area (Å²) in [6.07, 6.45) is 2.78. The number of para-hydroxylation sites is 1. The topological polar surface area (TPSA) is 74.8 Å². The lowest BCUT2D eigenvalue weighted by atomic mass is 10.1. The Labute approximate surface area is 177 Å². The first-order valence-corrected chi connectivity index (χ1v) is 12.1. The van der Waals surface area contributed by atoms with Gasteiger partial charge in [-0.05, 0) is 55.5 Å². The molecule has 30 heavy (non-hydrogen) atoms. The Morgan fingerprint density at radius 1 is 0.967 bits per heavy atom. The lowest BCUT2D eigenvalue weighted by Crippen LogP contribution is -2.41. The highest BCUT2D eigenvalue weighted by atomic mass is 32.2. The van der Waals surface area contributed by atoms with E-state index in [-0.39, 0.29) is 17.6 Å². The lowest BCUT2D eigenvalue weighted by Gasteiger charge is -2.22. The third kappa shape index (κ3) is 3.99. The van der Waals surface area contributed by atoms with Crippen molar-refractivity contribution in [2.45, 2.75) is 37.2 Å². The summed E-state index contributed by atoms with van der Waals surface area (Å²) in [5.41, 5.74) is 3.01. The molecule has 2 aliphatic rings. The van der Waals surface area contributed by atoms with Crippen molar-refractivity contribution in [2.75, 3.05) is 24.5 Å². The molecule has 1 fully saturated rings. The highest BCUT2D eigenvalue weighted by molar-refractivity contribution is 7.92. The molecule has 7 heteroatoms. The van der Waals surface area contributed by atoms with Crippen LogP contribution in [0.25, 0.3) is 0 Å². The van der Waals surface area contributed by atoms with E-state index in [1.165, 1.54) is 6.92 Å². The number of benzene rings is 2. The molecule has 0 N–H and O–H groups in total. The number of anilines is 1. The molecule has 4 rings (SSSR count). The number of hydrogen-bond acceptors (Lipinski definition) is 4. The fraction of sp³-hybridized carbons (Fsp3) is 0.391. The van der Waals surface area contributed by atoms with Gasteiger partial charge in [0, 0.05) is 30.9 Å². The van der Waals surface area contributed by atoms with Crippen molar-refractivity contribution in [3.8, 4) is 0 Å². The Hall–Kier alpha value is -2.67. The molecule has 1 atom stereocenters. The standard InChI is InChI=1S/C23H26N2O4S/c1-17(22(26)25-15-12-19-6-2-3-7-21(19)25)30(28,29)16-18-8-10-20(11-9-18)23(27)24-13-4-5-14-24/h2-3,6-11,17H,4-5,12-16H2,1H3/t17-/m0/s1. The van der Waals surface area contributed by atoms with E-state index in [0.717, 1.165) is 43.6 Å². The Balaban J connectivity index is 1.45. The maximum atomic E-state index is 12.9. The zero-order valence-corrected chi connectivity index (χ0v) is 17.9. The van der Waals surface area contributed by atoms with Crippen molar-refractivity contribution in [3.63, 3.8) is 0 Å². The summed E-state index contributed by atoms with van der Waals surface area (Å²) in [5, 5.41) is -1.13. The smallest absolute Gasteiger partial charge is 0.253 e. The predicted octanol–water partition coefficient (Wildman–Crippen LogP) is 2.82. The normalized spacial score (nSPS) is 17.1. The number of hydrogen-bond donors (Lipinski definition) is 0. The second-order valence-electron chi connectivity index (χ2n) is 8.01. The van der Waals surface area contributed by atoms with Crippen molar-refractivity contribution in [1.29, 1.82) is 0 Å². The molecule has 0 unspecified atom stereocenters. The molecule has 0 saturated carbocycles. The fourth-order valence-corrected chi connectivity index (χ4v) is 5.49. The van der Waals surface area contributed by atoms with Crippen LogP contribution in [-0.2, 0) is 26.8 Å². The minimum absolute atomic E-state index is 0.0156. The highest BCUT2D eigenvalue weighted by Crippen LogP contribution is 2.29. The van der Waals surface area contributed by atoms with Crippen LogP contribution in [0.2, 0.25) is 0 Å². The van der Waals surface area contributed by atoms with Gasteiger partial charge < -0.3 is 9.80 Å². The quantitative estimate of drug-likeness (QED) is 0.737. The van der Waals surface area contributed by atoms with Crippen molar-refractivity contribution < 1.29 is 18.0 Å². The molecule has 2 aliphatic heterocycles. The average molecular weight is 427 g/mol. The number of amides is 2.